The molecule has 0 atom stereocenters. The molecule has 132 valence electrons. The number of aromatic nitrogens is 5. The van der Waals surface area contributed by atoms with Crippen LogP contribution in [0.25, 0.3) is 17.0 Å². The first kappa shape index (κ1) is 17.1. The van der Waals surface area contributed by atoms with E-state index in [1.807, 2.05) is 40.7 Å². The second-order valence-electron chi connectivity index (χ2n) is 7.10. The number of fused-ring (bicyclic) bond motifs is 1. The lowest BCUT2D eigenvalue weighted by atomic mass is 9.96. The molecule has 25 heavy (non-hydrogen) atoms. The predicted octanol–water partition coefficient (Wildman–Crippen LogP) is 2.10. The third-order valence-corrected chi connectivity index (χ3v) is 3.79. The summed E-state index contributed by atoms with van der Waals surface area (Å²) in [5.41, 5.74) is 2.90. The quantitative estimate of drug-likeness (QED) is 0.779. The number of amides is 1. The van der Waals surface area contributed by atoms with Gasteiger partial charge in [-0.15, -0.1) is 0 Å². The molecule has 3 heterocycles. The largest absolute Gasteiger partial charge is 0.355 e. The SMILES string of the molecule is Cc1cc(C)n2ncc(-c3noc(CCNC(=O)C(C)(C)C)n3)c2n1. The molecule has 3 rings (SSSR count). The Hall–Kier alpha value is -2.77. The smallest absolute Gasteiger partial charge is 0.228 e. The van der Waals surface area contributed by atoms with Crippen molar-refractivity contribution in [3.05, 3.63) is 29.5 Å². The number of nitrogens with one attached hydrogen (secondary N) is 1. The van der Waals surface area contributed by atoms with Gasteiger partial charge in [0.15, 0.2) is 5.65 Å². The van der Waals surface area contributed by atoms with Crippen LogP contribution in [0, 0.1) is 19.3 Å². The molecule has 3 aromatic heterocycles. The number of aryl methyl sites for hydroxylation is 2. The van der Waals surface area contributed by atoms with E-state index in [1.54, 1.807) is 10.7 Å². The molecule has 0 fully saturated rings. The Kier molecular flexibility index (Phi) is 4.28. The van der Waals surface area contributed by atoms with Crippen molar-refractivity contribution in [2.45, 2.75) is 41.0 Å². The van der Waals surface area contributed by atoms with Crippen molar-refractivity contribution in [3.8, 4) is 11.4 Å². The summed E-state index contributed by atoms with van der Waals surface area (Å²) in [6.45, 7) is 9.96. The maximum atomic E-state index is 11.9. The van der Waals surface area contributed by atoms with Crippen LogP contribution in [0.1, 0.15) is 38.0 Å². The Morgan fingerprint density at radius 1 is 1.28 bits per heavy atom. The molecule has 0 unspecified atom stereocenters. The Morgan fingerprint density at radius 3 is 2.76 bits per heavy atom. The van der Waals surface area contributed by atoms with Gasteiger partial charge in [0.1, 0.15) is 0 Å². The molecule has 8 nitrogen and oxygen atoms in total. The average Bonchev–Trinajstić information content (AvgIpc) is 3.12. The summed E-state index contributed by atoms with van der Waals surface area (Å²) in [7, 11) is 0. The molecule has 0 spiro atoms. The molecule has 3 aromatic rings. The van der Waals surface area contributed by atoms with Crippen LogP contribution in [0.4, 0.5) is 0 Å². The summed E-state index contributed by atoms with van der Waals surface area (Å²) in [5.74, 6) is 0.905. The molecule has 0 bridgehead atoms. The number of carbonyl (C=O) groups excluding carboxylic acids is 1. The molecular weight excluding hydrogens is 320 g/mol. The van der Waals surface area contributed by atoms with E-state index in [0.717, 1.165) is 17.0 Å². The van der Waals surface area contributed by atoms with Crippen LogP contribution in [0.15, 0.2) is 16.8 Å². The second-order valence-corrected chi connectivity index (χ2v) is 7.10. The number of hydrogen-bond donors (Lipinski definition) is 1. The average molecular weight is 342 g/mol. The van der Waals surface area contributed by atoms with Crippen LogP contribution in [0.5, 0.6) is 0 Å². The third kappa shape index (κ3) is 3.52. The summed E-state index contributed by atoms with van der Waals surface area (Å²) >= 11 is 0. The van der Waals surface area contributed by atoms with Crippen LogP contribution in [0.2, 0.25) is 0 Å². The van der Waals surface area contributed by atoms with Crippen molar-refractivity contribution in [1.82, 2.24) is 30.1 Å². The number of carbonyl (C=O) groups is 1. The van der Waals surface area contributed by atoms with Crippen molar-refractivity contribution in [2.75, 3.05) is 6.54 Å². The Labute approximate surface area is 145 Å². The zero-order chi connectivity index (χ0) is 18.2. The molecule has 8 heteroatoms. The highest BCUT2D eigenvalue weighted by Gasteiger charge is 2.21. The predicted molar refractivity (Wildman–Crippen MR) is 91.9 cm³/mol. The second kappa shape index (κ2) is 6.27. The standard InChI is InChI=1S/C17H22N6O2/c1-10-8-11(2)23-15(20-10)12(9-19-23)14-21-13(25-22-14)6-7-18-16(24)17(3,4)5/h8-9H,6-7H2,1-5H3,(H,18,24). The molecular formula is C17H22N6O2. The Balaban J connectivity index is 1.75. The minimum absolute atomic E-state index is 0.00924. The van der Waals surface area contributed by atoms with E-state index in [2.05, 4.69) is 25.5 Å². The van der Waals surface area contributed by atoms with E-state index in [9.17, 15) is 4.79 Å². The van der Waals surface area contributed by atoms with Gasteiger partial charge >= 0.3 is 0 Å². The van der Waals surface area contributed by atoms with Gasteiger partial charge in [-0.2, -0.15) is 10.1 Å². The highest BCUT2D eigenvalue weighted by Crippen LogP contribution is 2.21. The fraction of sp³-hybridized carbons (Fsp3) is 0.471. The first-order chi connectivity index (χ1) is 11.8. The summed E-state index contributed by atoms with van der Waals surface area (Å²) in [4.78, 5) is 20.8. The Morgan fingerprint density at radius 2 is 2.04 bits per heavy atom. The lowest BCUT2D eigenvalue weighted by molar-refractivity contribution is -0.128. The molecule has 0 radical (unpaired) electrons. The van der Waals surface area contributed by atoms with Crippen LogP contribution in [0.3, 0.4) is 0 Å². The summed E-state index contributed by atoms with van der Waals surface area (Å²) < 4.78 is 7.04. The van der Waals surface area contributed by atoms with Crippen LogP contribution < -0.4 is 5.32 Å². The van der Waals surface area contributed by atoms with E-state index in [-0.39, 0.29) is 5.91 Å². The Bertz CT molecular complexity index is 919. The van der Waals surface area contributed by atoms with E-state index >= 15 is 0 Å². The van der Waals surface area contributed by atoms with Crippen molar-refractivity contribution in [3.63, 3.8) is 0 Å². The molecule has 0 aliphatic carbocycles. The maximum Gasteiger partial charge on any atom is 0.228 e. The van der Waals surface area contributed by atoms with E-state index in [4.69, 9.17) is 4.52 Å². The van der Waals surface area contributed by atoms with Gasteiger partial charge < -0.3 is 9.84 Å². The molecule has 0 aliphatic rings. The van der Waals surface area contributed by atoms with E-state index in [1.165, 1.54) is 0 Å². The fourth-order valence-electron chi connectivity index (χ4n) is 2.44. The van der Waals surface area contributed by atoms with E-state index < -0.39 is 5.41 Å². The molecule has 0 aromatic carbocycles. The summed E-state index contributed by atoms with van der Waals surface area (Å²) in [6, 6.07) is 1.96. The van der Waals surface area contributed by atoms with Gasteiger partial charge in [0, 0.05) is 29.8 Å². The van der Waals surface area contributed by atoms with Gasteiger partial charge in [-0.1, -0.05) is 25.9 Å². The first-order valence-corrected chi connectivity index (χ1v) is 8.19. The van der Waals surface area contributed by atoms with Crippen LogP contribution in [-0.2, 0) is 11.2 Å². The van der Waals surface area contributed by atoms with Crippen molar-refractivity contribution in [2.24, 2.45) is 5.41 Å². The molecule has 0 saturated heterocycles. The highest BCUT2D eigenvalue weighted by atomic mass is 16.5. The zero-order valence-corrected chi connectivity index (χ0v) is 15.1. The van der Waals surface area contributed by atoms with Gasteiger partial charge in [0.05, 0.1) is 11.8 Å². The van der Waals surface area contributed by atoms with Crippen molar-refractivity contribution < 1.29 is 9.32 Å². The first-order valence-electron chi connectivity index (χ1n) is 8.19. The number of nitrogens with zero attached hydrogens (tertiary/aromatic N) is 5. The number of rotatable bonds is 4. The number of hydrogen-bond acceptors (Lipinski definition) is 6. The zero-order valence-electron chi connectivity index (χ0n) is 15.1. The van der Waals surface area contributed by atoms with Gasteiger partial charge in [0.25, 0.3) is 0 Å². The lowest BCUT2D eigenvalue weighted by Gasteiger charge is -2.16. The summed E-state index contributed by atoms with van der Waals surface area (Å²) in [6.07, 6.45) is 2.16. The maximum absolute atomic E-state index is 11.9. The van der Waals surface area contributed by atoms with Gasteiger partial charge in [0.2, 0.25) is 17.6 Å². The van der Waals surface area contributed by atoms with Crippen molar-refractivity contribution in [1.29, 1.82) is 0 Å². The van der Waals surface area contributed by atoms with Crippen LogP contribution >= 0.6 is 0 Å². The minimum Gasteiger partial charge on any atom is -0.355 e. The fourth-order valence-corrected chi connectivity index (χ4v) is 2.44. The third-order valence-electron chi connectivity index (χ3n) is 3.79. The van der Waals surface area contributed by atoms with Gasteiger partial charge in [-0.25, -0.2) is 9.50 Å². The lowest BCUT2D eigenvalue weighted by Crippen LogP contribution is -2.35. The normalized spacial score (nSPS) is 11.9. The monoisotopic (exact) mass is 342 g/mol. The van der Waals surface area contributed by atoms with Gasteiger partial charge in [-0.3, -0.25) is 4.79 Å². The van der Waals surface area contributed by atoms with Gasteiger partial charge in [-0.05, 0) is 19.9 Å². The summed E-state index contributed by atoms with van der Waals surface area (Å²) in [5, 5.41) is 11.2. The molecule has 0 saturated carbocycles. The molecule has 1 amide bonds. The molecule has 1 N–H and O–H groups in total. The van der Waals surface area contributed by atoms with Crippen LogP contribution in [-0.4, -0.2) is 37.2 Å². The van der Waals surface area contributed by atoms with Crippen molar-refractivity contribution >= 4 is 11.6 Å². The van der Waals surface area contributed by atoms with E-state index in [0.29, 0.717) is 30.3 Å². The minimum atomic E-state index is -0.418. The highest BCUT2D eigenvalue weighted by molar-refractivity contribution is 5.81. The molecule has 0 aliphatic heterocycles. The topological polar surface area (TPSA) is 98.2 Å².